The molecule has 1 aromatic carbocycles. The molecule has 0 amide bonds. The van der Waals surface area contributed by atoms with Gasteiger partial charge in [0.25, 0.3) is 0 Å². The highest BCUT2D eigenvalue weighted by Gasteiger charge is 2.45. The van der Waals surface area contributed by atoms with Crippen LogP contribution in [-0.4, -0.2) is 55.1 Å². The van der Waals surface area contributed by atoms with Gasteiger partial charge in [0, 0.05) is 43.8 Å². The summed E-state index contributed by atoms with van der Waals surface area (Å²) in [5.74, 6) is 0. The van der Waals surface area contributed by atoms with Gasteiger partial charge >= 0.3 is 0 Å². The summed E-state index contributed by atoms with van der Waals surface area (Å²) in [5.41, 5.74) is 4.15. The highest BCUT2D eigenvalue weighted by molar-refractivity contribution is 5.59. The van der Waals surface area contributed by atoms with Crippen LogP contribution in [0.4, 0.5) is 5.69 Å². The summed E-state index contributed by atoms with van der Waals surface area (Å²) in [7, 11) is 0. The number of benzene rings is 1. The summed E-state index contributed by atoms with van der Waals surface area (Å²) in [6, 6.07) is 6.57. The maximum Gasteiger partial charge on any atom is 0.160 e. The van der Waals surface area contributed by atoms with Crippen LogP contribution < -0.4 is 4.90 Å². The molecule has 2 fully saturated rings. The number of hydrogen-bond donors (Lipinski definition) is 1. The predicted molar refractivity (Wildman–Crippen MR) is 108 cm³/mol. The number of ether oxygens (including phenoxy) is 1. The summed E-state index contributed by atoms with van der Waals surface area (Å²) < 4.78 is 5.89. The van der Waals surface area contributed by atoms with Gasteiger partial charge in [0.2, 0.25) is 0 Å². The SMILES string of the molecule is CCC1(CC)CC(CCN2CCN(c3c(C)cccc3C)CC2)OC1O. The molecule has 0 bridgehead atoms. The Hall–Kier alpha value is -1.10. The molecule has 3 rings (SSSR count). The Labute approximate surface area is 159 Å². The molecule has 2 heterocycles. The average Bonchev–Trinajstić information content (AvgIpc) is 2.97. The zero-order chi connectivity index (χ0) is 18.7. The quantitative estimate of drug-likeness (QED) is 0.838. The second kappa shape index (κ2) is 8.28. The smallest absolute Gasteiger partial charge is 0.160 e. The van der Waals surface area contributed by atoms with Crippen LogP contribution in [0.3, 0.4) is 0 Å². The van der Waals surface area contributed by atoms with Crippen LogP contribution in [0.5, 0.6) is 0 Å². The molecule has 2 saturated heterocycles. The molecule has 0 spiro atoms. The van der Waals surface area contributed by atoms with E-state index in [0.29, 0.717) is 0 Å². The molecule has 2 unspecified atom stereocenters. The van der Waals surface area contributed by atoms with E-state index in [2.05, 4.69) is 55.7 Å². The number of aliphatic hydroxyl groups excluding tert-OH is 1. The summed E-state index contributed by atoms with van der Waals surface area (Å²) in [5, 5.41) is 10.3. The van der Waals surface area contributed by atoms with E-state index in [9.17, 15) is 5.11 Å². The van der Waals surface area contributed by atoms with Crippen molar-refractivity contribution in [2.75, 3.05) is 37.6 Å². The van der Waals surface area contributed by atoms with Crippen LogP contribution in [0.25, 0.3) is 0 Å². The number of anilines is 1. The van der Waals surface area contributed by atoms with E-state index in [4.69, 9.17) is 4.74 Å². The first-order valence-corrected chi connectivity index (χ1v) is 10.4. The van der Waals surface area contributed by atoms with Crippen LogP contribution in [0.15, 0.2) is 18.2 Å². The Kier molecular flexibility index (Phi) is 6.26. The van der Waals surface area contributed by atoms with E-state index >= 15 is 0 Å². The first-order chi connectivity index (χ1) is 12.5. The Morgan fingerprint density at radius 1 is 1.08 bits per heavy atom. The van der Waals surface area contributed by atoms with Gasteiger partial charge in [-0.15, -0.1) is 0 Å². The summed E-state index contributed by atoms with van der Waals surface area (Å²) in [6.45, 7) is 14.2. The Bertz CT molecular complexity index is 572. The second-order valence-electron chi connectivity index (χ2n) is 8.24. The molecule has 4 nitrogen and oxygen atoms in total. The number of nitrogens with zero attached hydrogens (tertiary/aromatic N) is 2. The predicted octanol–water partition coefficient (Wildman–Crippen LogP) is 3.73. The molecule has 2 atom stereocenters. The average molecular weight is 361 g/mol. The molecule has 0 saturated carbocycles. The van der Waals surface area contributed by atoms with E-state index in [1.165, 1.54) is 16.8 Å². The number of hydrogen-bond acceptors (Lipinski definition) is 4. The van der Waals surface area contributed by atoms with Crippen LogP contribution in [-0.2, 0) is 4.74 Å². The fourth-order valence-electron chi connectivity index (χ4n) is 4.81. The van der Waals surface area contributed by atoms with Crippen molar-refractivity contribution in [3.8, 4) is 0 Å². The number of aryl methyl sites for hydroxylation is 2. The lowest BCUT2D eigenvalue weighted by Crippen LogP contribution is -2.47. The van der Waals surface area contributed by atoms with Crippen molar-refractivity contribution in [1.29, 1.82) is 0 Å². The van der Waals surface area contributed by atoms with Crippen molar-refractivity contribution < 1.29 is 9.84 Å². The highest BCUT2D eigenvalue weighted by atomic mass is 16.6. The Balaban J connectivity index is 1.48. The van der Waals surface area contributed by atoms with E-state index < -0.39 is 6.29 Å². The van der Waals surface area contributed by atoms with Crippen LogP contribution in [0.1, 0.15) is 50.7 Å². The van der Waals surface area contributed by atoms with Crippen LogP contribution in [0.2, 0.25) is 0 Å². The Morgan fingerprint density at radius 3 is 2.23 bits per heavy atom. The Morgan fingerprint density at radius 2 is 1.69 bits per heavy atom. The van der Waals surface area contributed by atoms with Gasteiger partial charge in [0.1, 0.15) is 0 Å². The zero-order valence-corrected chi connectivity index (χ0v) is 17.0. The van der Waals surface area contributed by atoms with E-state index in [-0.39, 0.29) is 11.5 Å². The maximum atomic E-state index is 10.3. The molecule has 26 heavy (non-hydrogen) atoms. The lowest BCUT2D eigenvalue weighted by atomic mass is 9.78. The van der Waals surface area contributed by atoms with Crippen molar-refractivity contribution in [1.82, 2.24) is 4.90 Å². The molecular formula is C22H36N2O2. The third kappa shape index (κ3) is 3.92. The van der Waals surface area contributed by atoms with Gasteiger partial charge < -0.3 is 14.7 Å². The molecule has 1 N–H and O–H groups in total. The van der Waals surface area contributed by atoms with Gasteiger partial charge in [-0.2, -0.15) is 0 Å². The number of aliphatic hydroxyl groups is 1. The van der Waals surface area contributed by atoms with Crippen molar-refractivity contribution in [3.63, 3.8) is 0 Å². The van der Waals surface area contributed by atoms with Crippen molar-refractivity contribution >= 4 is 5.69 Å². The molecular weight excluding hydrogens is 324 g/mol. The fourth-order valence-corrected chi connectivity index (χ4v) is 4.81. The number of rotatable bonds is 6. The molecule has 2 aliphatic heterocycles. The monoisotopic (exact) mass is 360 g/mol. The molecule has 1 aromatic rings. The minimum Gasteiger partial charge on any atom is -0.369 e. The van der Waals surface area contributed by atoms with Gasteiger partial charge in [-0.05, 0) is 50.7 Å². The van der Waals surface area contributed by atoms with E-state index in [0.717, 1.165) is 58.4 Å². The zero-order valence-electron chi connectivity index (χ0n) is 17.0. The minimum atomic E-state index is -0.580. The number of para-hydroxylation sites is 1. The first-order valence-electron chi connectivity index (χ1n) is 10.4. The molecule has 146 valence electrons. The van der Waals surface area contributed by atoms with Gasteiger partial charge in [-0.25, -0.2) is 0 Å². The molecule has 0 aliphatic carbocycles. The summed E-state index contributed by atoms with van der Waals surface area (Å²) in [4.78, 5) is 5.09. The maximum absolute atomic E-state index is 10.3. The number of piperazine rings is 1. The first kappa shape index (κ1) is 19.7. The van der Waals surface area contributed by atoms with Gasteiger partial charge in [-0.1, -0.05) is 32.0 Å². The van der Waals surface area contributed by atoms with Gasteiger partial charge in [0.15, 0.2) is 6.29 Å². The van der Waals surface area contributed by atoms with Gasteiger partial charge in [-0.3, -0.25) is 4.90 Å². The van der Waals surface area contributed by atoms with E-state index in [1.54, 1.807) is 0 Å². The van der Waals surface area contributed by atoms with Crippen LogP contribution >= 0.6 is 0 Å². The fraction of sp³-hybridized carbons (Fsp3) is 0.727. The topological polar surface area (TPSA) is 35.9 Å². The van der Waals surface area contributed by atoms with Crippen molar-refractivity contribution in [3.05, 3.63) is 29.3 Å². The van der Waals surface area contributed by atoms with E-state index in [1.807, 2.05) is 0 Å². The highest BCUT2D eigenvalue weighted by Crippen LogP contribution is 2.44. The lowest BCUT2D eigenvalue weighted by Gasteiger charge is -2.37. The molecule has 0 radical (unpaired) electrons. The standard InChI is InChI=1S/C22H36N2O2/c1-5-22(6-2)16-19(26-21(22)25)10-11-23-12-14-24(15-13-23)20-17(3)8-7-9-18(20)4/h7-9,19,21,25H,5-6,10-16H2,1-4H3. The second-order valence-corrected chi connectivity index (χ2v) is 8.24. The largest absolute Gasteiger partial charge is 0.369 e. The lowest BCUT2D eigenvalue weighted by molar-refractivity contribution is -0.138. The van der Waals surface area contributed by atoms with Crippen molar-refractivity contribution in [2.45, 2.75) is 65.8 Å². The molecule has 0 aromatic heterocycles. The summed E-state index contributed by atoms with van der Waals surface area (Å²) >= 11 is 0. The normalized spacial score (nSPS) is 26.4. The minimum absolute atomic E-state index is 0.0221. The molecule has 2 aliphatic rings. The summed E-state index contributed by atoms with van der Waals surface area (Å²) in [6.07, 6.45) is 3.65. The molecule has 4 heteroatoms. The third-order valence-corrected chi connectivity index (χ3v) is 6.78. The van der Waals surface area contributed by atoms with Crippen molar-refractivity contribution in [2.24, 2.45) is 5.41 Å². The van der Waals surface area contributed by atoms with Crippen LogP contribution in [0, 0.1) is 19.3 Å². The third-order valence-electron chi connectivity index (χ3n) is 6.78. The van der Waals surface area contributed by atoms with Gasteiger partial charge in [0.05, 0.1) is 6.10 Å².